The van der Waals surface area contributed by atoms with Crippen LogP contribution in [0, 0.1) is 11.8 Å². The summed E-state index contributed by atoms with van der Waals surface area (Å²) in [5, 5.41) is 0. The topological polar surface area (TPSA) is 29.3 Å². The first kappa shape index (κ1) is 8.27. The van der Waals surface area contributed by atoms with E-state index in [1.165, 1.54) is 25.1 Å². The Hall–Kier alpha value is -0.340. The Kier molecular flexibility index (Phi) is 1.97. The van der Waals surface area contributed by atoms with E-state index < -0.39 is 0 Å². The lowest BCUT2D eigenvalue weighted by atomic mass is 9.80. The van der Waals surface area contributed by atoms with Crippen LogP contribution in [0.15, 0.2) is 11.6 Å². The van der Waals surface area contributed by atoms with Gasteiger partial charge in [0.15, 0.2) is 0 Å². The predicted octanol–water partition coefficient (Wildman–Crippen LogP) is 0.841. The van der Waals surface area contributed by atoms with Gasteiger partial charge in [-0.1, -0.05) is 11.6 Å². The summed E-state index contributed by atoms with van der Waals surface area (Å²) in [6.45, 7) is 4.63. The van der Waals surface area contributed by atoms with Crippen molar-refractivity contribution in [1.82, 2.24) is 4.90 Å². The average Bonchev–Trinajstić information content (AvgIpc) is 2.29. The highest BCUT2D eigenvalue weighted by Crippen LogP contribution is 2.34. The Morgan fingerprint density at radius 1 is 1.50 bits per heavy atom. The molecule has 0 aromatic heterocycles. The smallest absolute Gasteiger partial charge is 0.0270 e. The molecule has 0 radical (unpaired) electrons. The molecule has 1 fully saturated rings. The van der Waals surface area contributed by atoms with Gasteiger partial charge in [-0.05, 0) is 32.2 Å². The van der Waals surface area contributed by atoms with Crippen molar-refractivity contribution in [1.29, 1.82) is 0 Å². The third kappa shape index (κ3) is 1.29. The molecule has 2 nitrogen and oxygen atoms in total. The van der Waals surface area contributed by atoms with Crippen LogP contribution in [0.2, 0.25) is 0 Å². The van der Waals surface area contributed by atoms with Crippen LogP contribution in [0.5, 0.6) is 0 Å². The van der Waals surface area contributed by atoms with Gasteiger partial charge in [-0.2, -0.15) is 0 Å². The van der Waals surface area contributed by atoms with Gasteiger partial charge in [0.05, 0.1) is 0 Å². The zero-order valence-electron chi connectivity index (χ0n) is 7.96. The fourth-order valence-electron chi connectivity index (χ4n) is 2.70. The third-order valence-electron chi connectivity index (χ3n) is 3.23. The Bertz CT molecular complexity index is 210. The lowest BCUT2D eigenvalue weighted by molar-refractivity contribution is 0.360. The molecule has 3 unspecified atom stereocenters. The Balaban J connectivity index is 2.14. The molecule has 2 aliphatic rings. The van der Waals surface area contributed by atoms with E-state index in [9.17, 15) is 0 Å². The SMILES string of the molecule is CC1=CC(N)C2CN(C)CC2C1. The average molecular weight is 166 g/mol. The second kappa shape index (κ2) is 2.86. The monoisotopic (exact) mass is 166 g/mol. The molecule has 2 heteroatoms. The zero-order chi connectivity index (χ0) is 8.72. The van der Waals surface area contributed by atoms with Crippen molar-refractivity contribution in [2.24, 2.45) is 17.6 Å². The highest BCUT2D eigenvalue weighted by molar-refractivity contribution is 5.14. The van der Waals surface area contributed by atoms with Crippen LogP contribution in [0.25, 0.3) is 0 Å². The molecule has 0 aromatic rings. The second-order valence-electron chi connectivity index (χ2n) is 4.44. The fraction of sp³-hybridized carbons (Fsp3) is 0.800. The van der Waals surface area contributed by atoms with Crippen LogP contribution in [-0.4, -0.2) is 31.1 Å². The fourth-order valence-corrected chi connectivity index (χ4v) is 2.70. The van der Waals surface area contributed by atoms with Gasteiger partial charge < -0.3 is 10.6 Å². The maximum absolute atomic E-state index is 6.07. The summed E-state index contributed by atoms with van der Waals surface area (Å²) in [4.78, 5) is 2.40. The van der Waals surface area contributed by atoms with Gasteiger partial charge in [0.25, 0.3) is 0 Å². The van der Waals surface area contributed by atoms with E-state index in [4.69, 9.17) is 5.73 Å². The molecule has 3 atom stereocenters. The van der Waals surface area contributed by atoms with Gasteiger partial charge in [0.2, 0.25) is 0 Å². The Morgan fingerprint density at radius 2 is 2.25 bits per heavy atom. The van der Waals surface area contributed by atoms with Crippen molar-refractivity contribution in [3.63, 3.8) is 0 Å². The van der Waals surface area contributed by atoms with E-state index in [0.29, 0.717) is 6.04 Å². The molecule has 68 valence electrons. The van der Waals surface area contributed by atoms with Crippen molar-refractivity contribution in [2.45, 2.75) is 19.4 Å². The van der Waals surface area contributed by atoms with E-state index in [-0.39, 0.29) is 0 Å². The van der Waals surface area contributed by atoms with E-state index in [1.54, 1.807) is 0 Å². The molecule has 1 aliphatic heterocycles. The van der Waals surface area contributed by atoms with Crippen LogP contribution >= 0.6 is 0 Å². The van der Waals surface area contributed by atoms with E-state index >= 15 is 0 Å². The lowest BCUT2D eigenvalue weighted by Crippen LogP contribution is -2.36. The molecule has 0 bridgehead atoms. The van der Waals surface area contributed by atoms with E-state index in [2.05, 4.69) is 24.9 Å². The molecule has 0 spiro atoms. The molecule has 0 aromatic carbocycles. The summed E-state index contributed by atoms with van der Waals surface area (Å²) < 4.78 is 0. The number of fused-ring (bicyclic) bond motifs is 1. The largest absolute Gasteiger partial charge is 0.324 e. The van der Waals surface area contributed by atoms with Crippen LogP contribution < -0.4 is 5.73 Å². The molecule has 2 rings (SSSR count). The summed E-state index contributed by atoms with van der Waals surface area (Å²) >= 11 is 0. The van der Waals surface area contributed by atoms with Crippen LogP contribution in [0.1, 0.15) is 13.3 Å². The maximum Gasteiger partial charge on any atom is 0.0270 e. The quantitative estimate of drug-likeness (QED) is 0.540. The van der Waals surface area contributed by atoms with Gasteiger partial charge >= 0.3 is 0 Å². The van der Waals surface area contributed by atoms with Crippen molar-refractivity contribution in [3.8, 4) is 0 Å². The minimum atomic E-state index is 0.314. The minimum absolute atomic E-state index is 0.314. The number of nitrogens with two attached hydrogens (primary N) is 1. The summed E-state index contributed by atoms with van der Waals surface area (Å²) in [5.74, 6) is 1.55. The first-order valence-electron chi connectivity index (χ1n) is 4.78. The number of hydrogen-bond acceptors (Lipinski definition) is 2. The summed E-state index contributed by atoms with van der Waals surface area (Å²) in [6, 6.07) is 0.314. The molecule has 1 heterocycles. The highest BCUT2D eigenvalue weighted by Gasteiger charge is 2.36. The number of nitrogens with zero attached hydrogens (tertiary/aromatic N) is 1. The molecule has 1 aliphatic carbocycles. The number of rotatable bonds is 0. The molecule has 12 heavy (non-hydrogen) atoms. The molecular formula is C10H18N2. The van der Waals surface area contributed by atoms with Crippen molar-refractivity contribution in [3.05, 3.63) is 11.6 Å². The summed E-state index contributed by atoms with van der Waals surface area (Å²) in [6.07, 6.45) is 3.52. The molecular weight excluding hydrogens is 148 g/mol. The second-order valence-corrected chi connectivity index (χ2v) is 4.44. The van der Waals surface area contributed by atoms with Gasteiger partial charge in [-0.25, -0.2) is 0 Å². The van der Waals surface area contributed by atoms with Gasteiger partial charge in [0, 0.05) is 19.1 Å². The van der Waals surface area contributed by atoms with Crippen molar-refractivity contribution < 1.29 is 0 Å². The minimum Gasteiger partial charge on any atom is -0.324 e. The summed E-state index contributed by atoms with van der Waals surface area (Å²) in [7, 11) is 2.19. The van der Waals surface area contributed by atoms with Gasteiger partial charge in [-0.15, -0.1) is 0 Å². The Morgan fingerprint density at radius 3 is 3.00 bits per heavy atom. The molecule has 2 N–H and O–H groups in total. The predicted molar refractivity (Wildman–Crippen MR) is 50.8 cm³/mol. The standard InChI is InChI=1S/C10H18N2/c1-7-3-8-5-12(2)6-9(8)10(11)4-7/h4,8-10H,3,5-6,11H2,1-2H3. The van der Waals surface area contributed by atoms with E-state index in [0.717, 1.165) is 11.8 Å². The molecule has 0 saturated carbocycles. The van der Waals surface area contributed by atoms with Crippen molar-refractivity contribution in [2.75, 3.05) is 20.1 Å². The highest BCUT2D eigenvalue weighted by atomic mass is 15.1. The van der Waals surface area contributed by atoms with Crippen LogP contribution in [0.3, 0.4) is 0 Å². The van der Waals surface area contributed by atoms with Gasteiger partial charge in [-0.3, -0.25) is 0 Å². The number of hydrogen-bond donors (Lipinski definition) is 1. The number of likely N-dealkylation sites (tertiary alicyclic amines) is 1. The Labute approximate surface area is 74.4 Å². The molecule has 1 saturated heterocycles. The van der Waals surface area contributed by atoms with Gasteiger partial charge in [0.1, 0.15) is 0 Å². The first-order valence-corrected chi connectivity index (χ1v) is 4.78. The first-order chi connectivity index (χ1) is 5.66. The van der Waals surface area contributed by atoms with Crippen molar-refractivity contribution >= 4 is 0 Å². The van der Waals surface area contributed by atoms with Crippen LogP contribution in [0.4, 0.5) is 0 Å². The van der Waals surface area contributed by atoms with Crippen LogP contribution in [-0.2, 0) is 0 Å². The normalized spacial score (nSPS) is 42.6. The zero-order valence-corrected chi connectivity index (χ0v) is 7.96. The number of allylic oxidation sites excluding steroid dienone is 1. The van der Waals surface area contributed by atoms with E-state index in [1.807, 2.05) is 0 Å². The molecule has 0 amide bonds. The third-order valence-corrected chi connectivity index (χ3v) is 3.23. The lowest BCUT2D eigenvalue weighted by Gasteiger charge is -2.28. The summed E-state index contributed by atoms with van der Waals surface area (Å²) in [5.41, 5.74) is 7.55. The maximum atomic E-state index is 6.07.